The van der Waals surface area contributed by atoms with E-state index >= 15 is 0 Å². The summed E-state index contributed by atoms with van der Waals surface area (Å²) in [6.07, 6.45) is 1.39. The number of ether oxygens (including phenoxy) is 2. The first-order valence-electron chi connectivity index (χ1n) is 12.7. The summed E-state index contributed by atoms with van der Waals surface area (Å²) in [5, 5.41) is 15.4. The Balaban J connectivity index is 1.43. The van der Waals surface area contributed by atoms with E-state index in [-0.39, 0.29) is 30.9 Å². The molecule has 37 heavy (non-hydrogen) atoms. The predicted molar refractivity (Wildman–Crippen MR) is 136 cm³/mol. The van der Waals surface area contributed by atoms with Crippen LogP contribution in [0.5, 0.6) is 5.75 Å². The third-order valence-corrected chi connectivity index (χ3v) is 8.03. The molecule has 3 saturated heterocycles. The molecule has 0 aliphatic carbocycles. The molecule has 3 N–H and O–H groups in total. The third kappa shape index (κ3) is 4.26. The molecule has 2 aromatic carbocycles. The van der Waals surface area contributed by atoms with Gasteiger partial charge in [-0.1, -0.05) is 30.3 Å². The van der Waals surface area contributed by atoms with Crippen LogP contribution >= 0.6 is 0 Å². The van der Waals surface area contributed by atoms with Crippen molar-refractivity contribution in [1.29, 1.82) is 0 Å². The number of benzene rings is 2. The molecule has 196 valence electrons. The van der Waals surface area contributed by atoms with Gasteiger partial charge in [0.05, 0.1) is 24.5 Å². The van der Waals surface area contributed by atoms with Gasteiger partial charge in [0.2, 0.25) is 17.7 Å². The number of anilines is 1. The van der Waals surface area contributed by atoms with Crippen LogP contribution in [0.1, 0.15) is 31.7 Å². The van der Waals surface area contributed by atoms with E-state index in [0.717, 1.165) is 5.56 Å². The number of fused-ring (bicyclic) bond motifs is 1. The van der Waals surface area contributed by atoms with Crippen LogP contribution in [0.3, 0.4) is 0 Å². The lowest BCUT2D eigenvalue weighted by molar-refractivity contribution is -0.144. The molecule has 3 heterocycles. The van der Waals surface area contributed by atoms with Crippen molar-refractivity contribution >= 4 is 23.4 Å². The molecule has 3 aliphatic heterocycles. The van der Waals surface area contributed by atoms with Gasteiger partial charge in [0, 0.05) is 25.4 Å². The summed E-state index contributed by atoms with van der Waals surface area (Å²) < 4.78 is 11.8. The van der Waals surface area contributed by atoms with Crippen molar-refractivity contribution in [2.24, 2.45) is 11.8 Å². The van der Waals surface area contributed by atoms with Gasteiger partial charge in [-0.2, -0.15) is 0 Å². The minimum Gasteiger partial charge on any atom is -0.497 e. The van der Waals surface area contributed by atoms with Gasteiger partial charge in [-0.05, 0) is 56.0 Å². The average Bonchev–Trinajstić information content (AvgIpc) is 3.47. The summed E-state index contributed by atoms with van der Waals surface area (Å²) in [5.74, 6) is -1.71. The van der Waals surface area contributed by atoms with Crippen molar-refractivity contribution in [3.8, 4) is 5.75 Å². The molecule has 3 fully saturated rings. The predicted octanol–water partition coefficient (Wildman–Crippen LogP) is 2.10. The van der Waals surface area contributed by atoms with E-state index in [1.54, 1.807) is 31.4 Å². The molecule has 1 spiro atoms. The van der Waals surface area contributed by atoms with Gasteiger partial charge in [0.15, 0.2) is 0 Å². The standard InChI is InChI=1S/C28H33N3O6/c1-27-13-14-28(37-27)22(21(27)24(33)29-17-18-7-4-3-5-8-18)26(35)31(15-6-16-32)23(28)25(34)30-19-9-11-20(36-2)12-10-19/h3-5,7-12,21-23,32H,6,13-17H2,1-2H3,(H,29,33)(H,30,34)/t21-,22-,23?,27+,28?/m0/s1. The number of hydrogen-bond donors (Lipinski definition) is 3. The van der Waals surface area contributed by atoms with Crippen molar-refractivity contribution in [2.45, 2.75) is 50.0 Å². The molecule has 2 bridgehead atoms. The molecule has 5 rings (SSSR count). The maximum atomic E-state index is 13.8. The first kappa shape index (κ1) is 25.2. The minimum absolute atomic E-state index is 0.117. The zero-order valence-electron chi connectivity index (χ0n) is 21.1. The van der Waals surface area contributed by atoms with Crippen LogP contribution in [0.2, 0.25) is 0 Å². The van der Waals surface area contributed by atoms with Crippen molar-refractivity contribution in [2.75, 3.05) is 25.6 Å². The van der Waals surface area contributed by atoms with Crippen molar-refractivity contribution < 1.29 is 29.0 Å². The van der Waals surface area contributed by atoms with E-state index in [4.69, 9.17) is 9.47 Å². The number of nitrogens with one attached hydrogen (secondary N) is 2. The van der Waals surface area contributed by atoms with E-state index in [1.807, 2.05) is 37.3 Å². The summed E-state index contributed by atoms with van der Waals surface area (Å²) in [6, 6.07) is 15.6. The molecule has 0 aromatic heterocycles. The van der Waals surface area contributed by atoms with E-state index in [1.165, 1.54) is 4.90 Å². The van der Waals surface area contributed by atoms with Crippen LogP contribution in [0.15, 0.2) is 54.6 Å². The lowest BCUT2D eigenvalue weighted by Crippen LogP contribution is -2.53. The monoisotopic (exact) mass is 507 g/mol. The number of carbonyl (C=O) groups excluding carboxylic acids is 3. The summed E-state index contributed by atoms with van der Waals surface area (Å²) in [6.45, 7) is 2.30. The maximum absolute atomic E-state index is 13.8. The summed E-state index contributed by atoms with van der Waals surface area (Å²) in [5.41, 5.74) is -0.426. The molecule has 0 radical (unpaired) electrons. The maximum Gasteiger partial charge on any atom is 0.250 e. The Labute approximate surface area is 216 Å². The molecule has 3 aliphatic rings. The number of nitrogens with zero attached hydrogens (tertiary/aromatic N) is 1. The van der Waals surface area contributed by atoms with E-state index in [0.29, 0.717) is 37.2 Å². The molecule has 0 saturated carbocycles. The summed E-state index contributed by atoms with van der Waals surface area (Å²) in [7, 11) is 1.57. The number of amides is 3. The van der Waals surface area contributed by atoms with Crippen molar-refractivity contribution in [3.05, 3.63) is 60.2 Å². The molecule has 5 atom stereocenters. The van der Waals surface area contributed by atoms with Gasteiger partial charge < -0.3 is 30.1 Å². The first-order valence-corrected chi connectivity index (χ1v) is 12.7. The summed E-state index contributed by atoms with van der Waals surface area (Å²) in [4.78, 5) is 42.6. The van der Waals surface area contributed by atoms with Gasteiger partial charge >= 0.3 is 0 Å². The fraction of sp³-hybridized carbons (Fsp3) is 0.464. The van der Waals surface area contributed by atoms with E-state index in [9.17, 15) is 19.5 Å². The topological polar surface area (TPSA) is 117 Å². The smallest absolute Gasteiger partial charge is 0.250 e. The Hall–Kier alpha value is -3.43. The zero-order chi connectivity index (χ0) is 26.2. The van der Waals surface area contributed by atoms with E-state index in [2.05, 4.69) is 10.6 Å². The number of hydrogen-bond acceptors (Lipinski definition) is 6. The van der Waals surface area contributed by atoms with Gasteiger partial charge in [-0.3, -0.25) is 14.4 Å². The Morgan fingerprint density at radius 1 is 1.11 bits per heavy atom. The lowest BCUT2D eigenvalue weighted by atomic mass is 9.66. The molecular weight excluding hydrogens is 474 g/mol. The lowest BCUT2D eigenvalue weighted by Gasteiger charge is -2.33. The number of methoxy groups -OCH3 is 1. The van der Waals surface area contributed by atoms with Crippen molar-refractivity contribution in [1.82, 2.24) is 10.2 Å². The highest BCUT2D eigenvalue weighted by Gasteiger charge is 2.77. The number of aliphatic hydroxyl groups is 1. The second kappa shape index (κ2) is 9.79. The highest BCUT2D eigenvalue weighted by atomic mass is 16.5. The Morgan fingerprint density at radius 2 is 1.84 bits per heavy atom. The van der Waals surface area contributed by atoms with Gasteiger partial charge in [0.25, 0.3) is 0 Å². The molecule has 9 nitrogen and oxygen atoms in total. The number of aliphatic hydroxyl groups excluding tert-OH is 1. The molecule has 2 aromatic rings. The zero-order valence-corrected chi connectivity index (χ0v) is 21.1. The Kier molecular flexibility index (Phi) is 6.68. The second-order valence-electron chi connectivity index (χ2n) is 10.3. The first-order chi connectivity index (χ1) is 17.8. The fourth-order valence-electron chi connectivity index (χ4n) is 6.39. The second-order valence-corrected chi connectivity index (χ2v) is 10.3. The quantitative estimate of drug-likeness (QED) is 0.479. The fourth-order valence-corrected chi connectivity index (χ4v) is 6.39. The van der Waals surface area contributed by atoms with Crippen LogP contribution in [0, 0.1) is 11.8 Å². The van der Waals surface area contributed by atoms with Crippen LogP contribution < -0.4 is 15.4 Å². The Morgan fingerprint density at radius 3 is 2.51 bits per heavy atom. The summed E-state index contributed by atoms with van der Waals surface area (Å²) >= 11 is 0. The van der Waals surface area contributed by atoms with Crippen LogP contribution in [0.25, 0.3) is 0 Å². The number of likely N-dealkylation sites (tertiary alicyclic amines) is 1. The number of carbonyl (C=O) groups is 3. The highest BCUT2D eigenvalue weighted by molar-refractivity contribution is 6.03. The normalized spacial score (nSPS) is 29.8. The van der Waals surface area contributed by atoms with Crippen molar-refractivity contribution in [3.63, 3.8) is 0 Å². The number of rotatable bonds is 9. The molecule has 2 unspecified atom stereocenters. The van der Waals surface area contributed by atoms with Crippen LogP contribution in [-0.4, -0.2) is 65.2 Å². The Bertz CT molecular complexity index is 1170. The molecule has 9 heteroatoms. The largest absolute Gasteiger partial charge is 0.497 e. The van der Waals surface area contributed by atoms with Crippen LogP contribution in [0.4, 0.5) is 5.69 Å². The van der Waals surface area contributed by atoms with E-state index < -0.39 is 29.1 Å². The van der Waals surface area contributed by atoms with Gasteiger partial charge in [-0.15, -0.1) is 0 Å². The average molecular weight is 508 g/mol. The third-order valence-electron chi connectivity index (χ3n) is 8.03. The van der Waals surface area contributed by atoms with Gasteiger partial charge in [-0.25, -0.2) is 0 Å². The SMILES string of the molecule is COc1ccc(NC(=O)C2N(CCCO)C(=O)[C@@H]3[C@@H](C(=O)NCc4ccccc4)[C@@]4(C)CCC23O4)cc1. The highest BCUT2D eigenvalue weighted by Crippen LogP contribution is 2.63. The van der Waals surface area contributed by atoms with Crippen LogP contribution in [-0.2, 0) is 25.7 Å². The molecule has 3 amide bonds. The van der Waals surface area contributed by atoms with Gasteiger partial charge in [0.1, 0.15) is 17.4 Å². The molecular formula is C28H33N3O6. The minimum atomic E-state index is -1.10.